The molecule has 0 aliphatic carbocycles. The first kappa shape index (κ1) is 18.6. The molecule has 0 saturated heterocycles. The van der Waals surface area contributed by atoms with Crippen molar-refractivity contribution in [1.82, 2.24) is 4.72 Å². The van der Waals surface area contributed by atoms with Gasteiger partial charge < -0.3 is 0 Å². The molecule has 0 bridgehead atoms. The molecule has 0 radical (unpaired) electrons. The number of nitro benzene ring substituents is 1. The standard InChI is InChI=1S/C14H11Cl2FN2O4S/c1-8(11-6-14(17)13(16)7-12(11)15)18-24(22,23)10-4-2-9(3-5-10)19(20)21/h2-8,18H,1H3/t8-/m1/s1. The van der Waals surface area contributed by atoms with Crippen molar-refractivity contribution < 1.29 is 17.7 Å². The summed E-state index contributed by atoms with van der Waals surface area (Å²) >= 11 is 11.6. The first-order valence-corrected chi connectivity index (χ1v) is 8.77. The molecule has 0 heterocycles. The van der Waals surface area contributed by atoms with Crippen LogP contribution < -0.4 is 4.72 Å². The van der Waals surface area contributed by atoms with E-state index < -0.39 is 26.8 Å². The van der Waals surface area contributed by atoms with Gasteiger partial charge in [0.15, 0.2) is 0 Å². The zero-order valence-corrected chi connectivity index (χ0v) is 14.5. The fourth-order valence-electron chi connectivity index (χ4n) is 1.98. The third-order valence-corrected chi connectivity index (χ3v) is 5.37. The lowest BCUT2D eigenvalue weighted by molar-refractivity contribution is -0.384. The van der Waals surface area contributed by atoms with E-state index in [0.717, 1.165) is 30.3 Å². The van der Waals surface area contributed by atoms with E-state index in [1.165, 1.54) is 13.0 Å². The number of nitro groups is 1. The summed E-state index contributed by atoms with van der Waals surface area (Å²) in [7, 11) is -3.98. The van der Waals surface area contributed by atoms with Crippen LogP contribution in [-0.2, 0) is 10.0 Å². The molecule has 0 saturated carbocycles. The molecular weight excluding hydrogens is 382 g/mol. The van der Waals surface area contributed by atoms with Crippen molar-refractivity contribution in [2.24, 2.45) is 0 Å². The molecule has 1 N–H and O–H groups in total. The minimum atomic E-state index is -3.98. The molecule has 24 heavy (non-hydrogen) atoms. The van der Waals surface area contributed by atoms with E-state index in [1.54, 1.807) is 0 Å². The van der Waals surface area contributed by atoms with Gasteiger partial charge in [0.2, 0.25) is 10.0 Å². The van der Waals surface area contributed by atoms with Gasteiger partial charge in [0.1, 0.15) is 5.82 Å². The van der Waals surface area contributed by atoms with Gasteiger partial charge >= 0.3 is 0 Å². The van der Waals surface area contributed by atoms with Crippen LogP contribution >= 0.6 is 23.2 Å². The summed E-state index contributed by atoms with van der Waals surface area (Å²) in [6.07, 6.45) is 0. The van der Waals surface area contributed by atoms with Gasteiger partial charge in [0, 0.05) is 23.2 Å². The Morgan fingerprint density at radius 3 is 2.29 bits per heavy atom. The minimum Gasteiger partial charge on any atom is -0.258 e. The highest BCUT2D eigenvalue weighted by atomic mass is 35.5. The maximum absolute atomic E-state index is 13.6. The summed E-state index contributed by atoms with van der Waals surface area (Å²) in [5, 5.41) is 10.5. The van der Waals surface area contributed by atoms with Crippen molar-refractivity contribution in [2.45, 2.75) is 17.9 Å². The Bertz CT molecular complexity index is 888. The van der Waals surface area contributed by atoms with Gasteiger partial charge in [-0.25, -0.2) is 17.5 Å². The minimum absolute atomic E-state index is 0.111. The predicted molar refractivity (Wildman–Crippen MR) is 88.3 cm³/mol. The molecule has 0 unspecified atom stereocenters. The van der Waals surface area contributed by atoms with Gasteiger partial charge in [-0.3, -0.25) is 10.1 Å². The number of hydrogen-bond acceptors (Lipinski definition) is 4. The Labute approximate surface area is 147 Å². The fourth-order valence-corrected chi connectivity index (χ4v) is 3.75. The van der Waals surface area contributed by atoms with Crippen LogP contribution in [0.1, 0.15) is 18.5 Å². The number of hydrogen-bond donors (Lipinski definition) is 1. The van der Waals surface area contributed by atoms with Gasteiger partial charge in [-0.1, -0.05) is 23.2 Å². The Balaban J connectivity index is 2.28. The number of benzene rings is 2. The lowest BCUT2D eigenvalue weighted by Gasteiger charge is -2.16. The summed E-state index contributed by atoms with van der Waals surface area (Å²) in [6, 6.07) is 5.76. The van der Waals surface area contributed by atoms with Gasteiger partial charge in [-0.15, -0.1) is 0 Å². The molecule has 6 nitrogen and oxygen atoms in total. The highest BCUT2D eigenvalue weighted by Crippen LogP contribution is 2.29. The summed E-state index contributed by atoms with van der Waals surface area (Å²) in [6.45, 7) is 1.48. The van der Waals surface area contributed by atoms with Crippen LogP contribution in [-0.4, -0.2) is 13.3 Å². The van der Waals surface area contributed by atoms with Crippen molar-refractivity contribution in [3.63, 3.8) is 0 Å². The molecule has 0 aliphatic heterocycles. The monoisotopic (exact) mass is 392 g/mol. The molecule has 128 valence electrons. The maximum Gasteiger partial charge on any atom is 0.269 e. The molecule has 0 aromatic heterocycles. The van der Waals surface area contributed by atoms with E-state index in [9.17, 15) is 22.9 Å². The molecule has 0 spiro atoms. The van der Waals surface area contributed by atoms with E-state index in [2.05, 4.69) is 4.72 Å². The fraction of sp³-hybridized carbons (Fsp3) is 0.143. The predicted octanol–water partition coefficient (Wildman–Crippen LogP) is 4.08. The van der Waals surface area contributed by atoms with Crippen LogP contribution in [0.25, 0.3) is 0 Å². The molecule has 0 amide bonds. The Morgan fingerprint density at radius 1 is 1.17 bits per heavy atom. The van der Waals surface area contributed by atoms with Crippen molar-refractivity contribution >= 4 is 38.9 Å². The highest BCUT2D eigenvalue weighted by Gasteiger charge is 2.21. The van der Waals surface area contributed by atoms with E-state index >= 15 is 0 Å². The smallest absolute Gasteiger partial charge is 0.258 e. The normalized spacial score (nSPS) is 12.8. The van der Waals surface area contributed by atoms with Gasteiger partial charge in [-0.2, -0.15) is 0 Å². The molecule has 0 aliphatic rings. The summed E-state index contributed by atoms with van der Waals surface area (Å²) < 4.78 is 40.5. The summed E-state index contributed by atoms with van der Waals surface area (Å²) in [5.74, 6) is -0.725. The second-order valence-corrected chi connectivity index (χ2v) is 7.41. The highest BCUT2D eigenvalue weighted by molar-refractivity contribution is 7.89. The topological polar surface area (TPSA) is 89.3 Å². The van der Waals surface area contributed by atoms with E-state index in [-0.39, 0.29) is 26.2 Å². The third kappa shape index (κ3) is 4.02. The van der Waals surface area contributed by atoms with Crippen molar-refractivity contribution in [1.29, 1.82) is 0 Å². The maximum atomic E-state index is 13.6. The second-order valence-electron chi connectivity index (χ2n) is 4.88. The summed E-state index contributed by atoms with van der Waals surface area (Å²) in [4.78, 5) is 9.80. The van der Waals surface area contributed by atoms with Crippen molar-refractivity contribution in [3.8, 4) is 0 Å². The van der Waals surface area contributed by atoms with Gasteiger partial charge in [0.25, 0.3) is 5.69 Å². The van der Waals surface area contributed by atoms with Crippen molar-refractivity contribution in [2.75, 3.05) is 0 Å². The molecule has 2 aromatic rings. The van der Waals surface area contributed by atoms with Crippen LogP contribution in [0.15, 0.2) is 41.3 Å². The zero-order valence-electron chi connectivity index (χ0n) is 12.2. The first-order valence-electron chi connectivity index (χ1n) is 6.53. The van der Waals surface area contributed by atoms with Crippen LogP contribution in [0.3, 0.4) is 0 Å². The van der Waals surface area contributed by atoms with Crippen LogP contribution in [0, 0.1) is 15.9 Å². The average Bonchev–Trinajstić information content (AvgIpc) is 2.50. The van der Waals surface area contributed by atoms with Crippen molar-refractivity contribution in [3.05, 3.63) is 67.9 Å². The molecule has 10 heteroatoms. The molecule has 2 rings (SSSR count). The largest absolute Gasteiger partial charge is 0.269 e. The van der Waals surface area contributed by atoms with Crippen LogP contribution in [0.5, 0.6) is 0 Å². The Kier molecular flexibility index (Phi) is 5.44. The summed E-state index contributed by atoms with van der Waals surface area (Å²) in [5.41, 5.74) is -0.0196. The molecule has 0 fully saturated rings. The number of halogens is 3. The lowest BCUT2D eigenvalue weighted by atomic mass is 10.1. The number of nitrogens with zero attached hydrogens (tertiary/aromatic N) is 1. The number of sulfonamides is 1. The number of nitrogens with one attached hydrogen (secondary N) is 1. The SMILES string of the molecule is C[C@@H](NS(=O)(=O)c1ccc([N+](=O)[O-])cc1)c1cc(F)c(Cl)cc1Cl. The Hall–Kier alpha value is -1.74. The zero-order chi connectivity index (χ0) is 18.1. The number of rotatable bonds is 5. The van der Waals surface area contributed by atoms with Crippen LogP contribution in [0.2, 0.25) is 10.0 Å². The van der Waals surface area contributed by atoms with Crippen LogP contribution in [0.4, 0.5) is 10.1 Å². The average molecular weight is 393 g/mol. The Morgan fingerprint density at radius 2 is 1.75 bits per heavy atom. The molecule has 1 atom stereocenters. The number of non-ortho nitro benzene ring substituents is 1. The lowest BCUT2D eigenvalue weighted by Crippen LogP contribution is -2.27. The first-order chi connectivity index (χ1) is 11.1. The van der Waals surface area contributed by atoms with E-state index in [0.29, 0.717) is 0 Å². The van der Waals surface area contributed by atoms with Gasteiger partial charge in [0.05, 0.1) is 14.8 Å². The second kappa shape index (κ2) is 7.02. The third-order valence-electron chi connectivity index (χ3n) is 3.20. The molecular formula is C14H11Cl2FN2O4S. The molecule has 2 aromatic carbocycles. The quantitative estimate of drug-likeness (QED) is 0.471. The van der Waals surface area contributed by atoms with Gasteiger partial charge in [-0.05, 0) is 36.8 Å². The van der Waals surface area contributed by atoms with E-state index in [1.807, 2.05) is 0 Å². The van der Waals surface area contributed by atoms with E-state index in [4.69, 9.17) is 23.2 Å².